The molecule has 2 aromatic carbocycles. The van der Waals surface area contributed by atoms with Crippen LogP contribution in [0.3, 0.4) is 0 Å². The standard InChI is InChI=1S/C21H16N2O4/c1-14(24)7-12-20(25)19-13-18(15-5-3-2-4-6-15)22-23(19)17-10-8-16(9-11-17)21(26)27/h2-13H,1H3,(H,26,27)/b12-7-. The Morgan fingerprint density at radius 1 is 0.963 bits per heavy atom. The Morgan fingerprint density at radius 3 is 2.22 bits per heavy atom. The van der Waals surface area contributed by atoms with Crippen molar-refractivity contribution in [3.05, 3.63) is 84.1 Å². The van der Waals surface area contributed by atoms with E-state index in [0.29, 0.717) is 11.4 Å². The molecule has 1 N–H and O–H groups in total. The molecule has 134 valence electrons. The molecule has 1 heterocycles. The molecule has 0 aliphatic heterocycles. The fourth-order valence-electron chi connectivity index (χ4n) is 2.53. The predicted octanol–water partition coefficient (Wildman–Crippen LogP) is 3.57. The lowest BCUT2D eigenvalue weighted by Crippen LogP contribution is -2.08. The fourth-order valence-corrected chi connectivity index (χ4v) is 2.53. The molecule has 27 heavy (non-hydrogen) atoms. The molecule has 0 unspecified atom stereocenters. The molecule has 0 saturated carbocycles. The summed E-state index contributed by atoms with van der Waals surface area (Å²) in [6.07, 6.45) is 2.41. The van der Waals surface area contributed by atoms with E-state index in [1.54, 1.807) is 18.2 Å². The minimum Gasteiger partial charge on any atom is -0.478 e. The van der Waals surface area contributed by atoms with E-state index in [9.17, 15) is 14.4 Å². The third-order valence-electron chi connectivity index (χ3n) is 3.86. The zero-order chi connectivity index (χ0) is 19.4. The molecule has 0 fully saturated rings. The van der Waals surface area contributed by atoms with Gasteiger partial charge in [-0.25, -0.2) is 9.48 Å². The highest BCUT2D eigenvalue weighted by Crippen LogP contribution is 2.22. The van der Waals surface area contributed by atoms with E-state index in [1.165, 1.54) is 35.9 Å². The van der Waals surface area contributed by atoms with Crippen LogP contribution in [-0.2, 0) is 4.79 Å². The Bertz CT molecular complexity index is 1030. The molecular formula is C21H16N2O4. The van der Waals surface area contributed by atoms with Gasteiger partial charge in [0.25, 0.3) is 0 Å². The summed E-state index contributed by atoms with van der Waals surface area (Å²) in [6.45, 7) is 1.36. The summed E-state index contributed by atoms with van der Waals surface area (Å²) in [6, 6.07) is 17.1. The normalized spacial score (nSPS) is 10.9. The summed E-state index contributed by atoms with van der Waals surface area (Å²) in [5.74, 6) is -1.64. The van der Waals surface area contributed by atoms with E-state index in [0.717, 1.165) is 5.56 Å². The van der Waals surface area contributed by atoms with Crippen molar-refractivity contribution >= 4 is 17.5 Å². The average Bonchev–Trinajstić information content (AvgIpc) is 3.12. The van der Waals surface area contributed by atoms with Crippen LogP contribution < -0.4 is 0 Å². The fraction of sp³-hybridized carbons (Fsp3) is 0.0476. The third-order valence-corrected chi connectivity index (χ3v) is 3.86. The van der Waals surface area contributed by atoms with Gasteiger partial charge in [0.15, 0.2) is 5.78 Å². The molecule has 0 amide bonds. The van der Waals surface area contributed by atoms with Gasteiger partial charge in [-0.1, -0.05) is 30.3 Å². The predicted molar refractivity (Wildman–Crippen MR) is 100 cm³/mol. The minimum absolute atomic E-state index is 0.138. The number of hydrogen-bond donors (Lipinski definition) is 1. The number of carbonyl (C=O) groups is 3. The summed E-state index contributed by atoms with van der Waals surface area (Å²) in [5.41, 5.74) is 2.38. The second-order valence-electron chi connectivity index (χ2n) is 5.85. The van der Waals surface area contributed by atoms with Gasteiger partial charge in [-0.15, -0.1) is 0 Å². The van der Waals surface area contributed by atoms with Crippen molar-refractivity contribution < 1.29 is 19.5 Å². The molecular weight excluding hydrogens is 344 g/mol. The number of benzene rings is 2. The van der Waals surface area contributed by atoms with Crippen molar-refractivity contribution in [2.45, 2.75) is 6.92 Å². The number of aromatic carboxylic acids is 1. The first-order valence-corrected chi connectivity index (χ1v) is 8.18. The first-order chi connectivity index (χ1) is 13.0. The van der Waals surface area contributed by atoms with E-state index in [2.05, 4.69) is 5.10 Å². The molecule has 3 aromatic rings. The monoisotopic (exact) mass is 360 g/mol. The van der Waals surface area contributed by atoms with Crippen molar-refractivity contribution in [3.63, 3.8) is 0 Å². The summed E-state index contributed by atoms with van der Waals surface area (Å²) in [5, 5.41) is 13.5. The van der Waals surface area contributed by atoms with Crippen LogP contribution in [0.15, 0.2) is 72.8 Å². The number of rotatable bonds is 6. The number of carboxylic acid groups (broad SMARTS) is 1. The number of ketones is 2. The van der Waals surface area contributed by atoms with E-state index < -0.39 is 5.97 Å². The van der Waals surface area contributed by atoms with Gasteiger partial charge in [0.1, 0.15) is 5.69 Å². The molecule has 1 aromatic heterocycles. The topological polar surface area (TPSA) is 89.3 Å². The molecule has 6 heteroatoms. The number of aromatic nitrogens is 2. The molecule has 0 atom stereocenters. The van der Waals surface area contributed by atoms with Gasteiger partial charge < -0.3 is 5.11 Å². The summed E-state index contributed by atoms with van der Waals surface area (Å²) < 4.78 is 1.45. The Labute approximate surface area is 155 Å². The maximum Gasteiger partial charge on any atom is 0.335 e. The van der Waals surface area contributed by atoms with Crippen molar-refractivity contribution in [2.24, 2.45) is 0 Å². The van der Waals surface area contributed by atoms with Crippen LogP contribution in [0.5, 0.6) is 0 Å². The van der Waals surface area contributed by atoms with Crippen LogP contribution >= 0.6 is 0 Å². The highest BCUT2D eigenvalue weighted by atomic mass is 16.4. The van der Waals surface area contributed by atoms with Gasteiger partial charge in [0, 0.05) is 5.56 Å². The lowest BCUT2D eigenvalue weighted by molar-refractivity contribution is -0.112. The average molecular weight is 360 g/mol. The van der Waals surface area contributed by atoms with Crippen LogP contribution in [0, 0.1) is 0 Å². The summed E-state index contributed by atoms with van der Waals surface area (Å²) in [7, 11) is 0. The Morgan fingerprint density at radius 2 is 1.63 bits per heavy atom. The maximum atomic E-state index is 12.6. The Balaban J connectivity index is 2.09. The van der Waals surface area contributed by atoms with Crippen molar-refractivity contribution in [3.8, 4) is 16.9 Å². The number of nitrogens with zero attached hydrogens (tertiary/aromatic N) is 2. The van der Waals surface area contributed by atoms with Gasteiger partial charge in [0.2, 0.25) is 5.78 Å². The SMILES string of the molecule is CC(=O)/C=C\C(=O)c1cc(-c2ccccc2)nn1-c1ccc(C(=O)O)cc1. The highest BCUT2D eigenvalue weighted by Gasteiger charge is 2.16. The number of carbonyl (C=O) groups excluding carboxylic acids is 2. The van der Waals surface area contributed by atoms with E-state index in [1.807, 2.05) is 30.3 Å². The van der Waals surface area contributed by atoms with E-state index >= 15 is 0 Å². The first kappa shape index (κ1) is 18.0. The maximum absolute atomic E-state index is 12.6. The third kappa shape index (κ3) is 4.07. The lowest BCUT2D eigenvalue weighted by Gasteiger charge is -2.05. The Kier molecular flexibility index (Phi) is 5.08. The first-order valence-electron chi connectivity index (χ1n) is 8.18. The zero-order valence-corrected chi connectivity index (χ0v) is 14.5. The molecule has 0 aliphatic rings. The van der Waals surface area contributed by atoms with E-state index in [-0.39, 0.29) is 22.8 Å². The largest absolute Gasteiger partial charge is 0.478 e. The van der Waals surface area contributed by atoms with Gasteiger partial charge in [-0.2, -0.15) is 5.10 Å². The summed E-state index contributed by atoms with van der Waals surface area (Å²) >= 11 is 0. The van der Waals surface area contributed by atoms with Crippen LogP contribution in [0.1, 0.15) is 27.8 Å². The second kappa shape index (κ2) is 7.61. The quantitative estimate of drug-likeness (QED) is 0.536. The highest BCUT2D eigenvalue weighted by molar-refractivity contribution is 6.07. The van der Waals surface area contributed by atoms with E-state index in [4.69, 9.17) is 5.11 Å². The zero-order valence-electron chi connectivity index (χ0n) is 14.5. The molecule has 0 bridgehead atoms. The van der Waals surface area contributed by atoms with Crippen molar-refractivity contribution in [2.75, 3.05) is 0 Å². The smallest absolute Gasteiger partial charge is 0.335 e. The van der Waals surface area contributed by atoms with Gasteiger partial charge >= 0.3 is 5.97 Å². The van der Waals surface area contributed by atoms with Crippen molar-refractivity contribution in [1.29, 1.82) is 0 Å². The summed E-state index contributed by atoms with van der Waals surface area (Å²) in [4.78, 5) is 34.8. The van der Waals surface area contributed by atoms with Crippen LogP contribution in [-0.4, -0.2) is 32.4 Å². The minimum atomic E-state index is -1.03. The van der Waals surface area contributed by atoms with Gasteiger partial charge in [-0.05, 0) is 49.4 Å². The number of carboxylic acids is 1. The molecule has 3 rings (SSSR count). The number of hydrogen-bond acceptors (Lipinski definition) is 4. The molecule has 0 spiro atoms. The molecule has 0 radical (unpaired) electrons. The van der Waals surface area contributed by atoms with Gasteiger partial charge in [0.05, 0.1) is 16.9 Å². The molecule has 6 nitrogen and oxygen atoms in total. The molecule has 0 saturated heterocycles. The van der Waals surface area contributed by atoms with Crippen LogP contribution in [0.25, 0.3) is 16.9 Å². The molecule has 0 aliphatic carbocycles. The number of allylic oxidation sites excluding steroid dienone is 2. The Hall–Kier alpha value is -3.80. The lowest BCUT2D eigenvalue weighted by atomic mass is 10.1. The van der Waals surface area contributed by atoms with Crippen LogP contribution in [0.2, 0.25) is 0 Å². The van der Waals surface area contributed by atoms with Crippen LogP contribution in [0.4, 0.5) is 0 Å². The van der Waals surface area contributed by atoms with Crippen molar-refractivity contribution in [1.82, 2.24) is 9.78 Å². The van der Waals surface area contributed by atoms with Gasteiger partial charge in [-0.3, -0.25) is 9.59 Å². The second-order valence-corrected chi connectivity index (χ2v) is 5.85.